The van der Waals surface area contributed by atoms with Crippen LogP contribution in [0.15, 0.2) is 12.4 Å². The van der Waals surface area contributed by atoms with Crippen molar-refractivity contribution >= 4 is 17.4 Å². The summed E-state index contributed by atoms with van der Waals surface area (Å²) in [7, 11) is 1.98. The highest BCUT2D eigenvalue weighted by Crippen LogP contribution is 2.18. The summed E-state index contributed by atoms with van der Waals surface area (Å²) in [5, 5.41) is 0.471. The quantitative estimate of drug-likeness (QED) is 0.770. The van der Waals surface area contributed by atoms with Crippen LogP contribution in [0.2, 0.25) is 5.15 Å². The highest BCUT2D eigenvalue weighted by molar-refractivity contribution is 6.31. The van der Waals surface area contributed by atoms with Crippen molar-refractivity contribution in [3.8, 4) is 0 Å². The molecule has 14 heavy (non-hydrogen) atoms. The van der Waals surface area contributed by atoms with Gasteiger partial charge in [0.05, 0.1) is 0 Å². The summed E-state index contributed by atoms with van der Waals surface area (Å²) >= 11 is 5.92. The van der Waals surface area contributed by atoms with E-state index in [1.807, 2.05) is 11.9 Å². The summed E-state index contributed by atoms with van der Waals surface area (Å²) in [5.41, 5.74) is 0. The van der Waals surface area contributed by atoms with Crippen molar-refractivity contribution in [2.45, 2.75) is 20.3 Å². The van der Waals surface area contributed by atoms with Gasteiger partial charge in [0, 0.05) is 26.0 Å². The molecule has 0 fully saturated rings. The second-order valence-corrected chi connectivity index (χ2v) is 4.13. The molecule has 0 spiro atoms. The summed E-state index contributed by atoms with van der Waals surface area (Å²) in [6.07, 6.45) is 4.39. The Morgan fingerprint density at radius 2 is 2.00 bits per heavy atom. The number of anilines is 1. The maximum Gasteiger partial charge on any atom is 0.171 e. The number of nitrogens with zero attached hydrogens (tertiary/aromatic N) is 3. The van der Waals surface area contributed by atoms with Crippen LogP contribution in [0.4, 0.5) is 5.82 Å². The molecule has 0 aromatic carbocycles. The molecule has 0 saturated heterocycles. The molecular formula is C10H16ClN3. The monoisotopic (exact) mass is 213 g/mol. The summed E-state index contributed by atoms with van der Waals surface area (Å²) < 4.78 is 0. The van der Waals surface area contributed by atoms with Crippen molar-refractivity contribution in [1.82, 2.24) is 9.97 Å². The highest BCUT2D eigenvalue weighted by atomic mass is 35.5. The number of halogens is 1. The van der Waals surface area contributed by atoms with E-state index in [-0.39, 0.29) is 0 Å². The van der Waals surface area contributed by atoms with Gasteiger partial charge in [0.25, 0.3) is 0 Å². The van der Waals surface area contributed by atoms with Crippen LogP contribution in [0.1, 0.15) is 20.3 Å². The van der Waals surface area contributed by atoms with E-state index in [1.165, 1.54) is 0 Å². The van der Waals surface area contributed by atoms with Gasteiger partial charge >= 0.3 is 0 Å². The molecule has 1 rings (SSSR count). The minimum absolute atomic E-state index is 0.471. The Kier molecular flexibility index (Phi) is 4.14. The number of hydrogen-bond donors (Lipinski definition) is 0. The van der Waals surface area contributed by atoms with Crippen LogP contribution in [0.5, 0.6) is 0 Å². The molecule has 0 saturated carbocycles. The van der Waals surface area contributed by atoms with Crippen LogP contribution in [-0.4, -0.2) is 23.6 Å². The number of aromatic nitrogens is 2. The Balaban J connectivity index is 2.60. The fourth-order valence-corrected chi connectivity index (χ4v) is 1.38. The smallest absolute Gasteiger partial charge is 0.171 e. The van der Waals surface area contributed by atoms with Crippen molar-refractivity contribution in [3.63, 3.8) is 0 Å². The fraction of sp³-hybridized carbons (Fsp3) is 0.600. The van der Waals surface area contributed by atoms with Crippen LogP contribution in [-0.2, 0) is 0 Å². The molecule has 0 amide bonds. The SMILES string of the molecule is CC(C)CCN(C)c1nccnc1Cl. The molecule has 0 unspecified atom stereocenters. The largest absolute Gasteiger partial charge is 0.357 e. The van der Waals surface area contributed by atoms with Gasteiger partial charge in [-0.25, -0.2) is 9.97 Å². The number of rotatable bonds is 4. The van der Waals surface area contributed by atoms with E-state index in [0.29, 0.717) is 11.1 Å². The zero-order chi connectivity index (χ0) is 10.6. The van der Waals surface area contributed by atoms with E-state index in [4.69, 9.17) is 11.6 Å². The van der Waals surface area contributed by atoms with Gasteiger partial charge in [-0.1, -0.05) is 25.4 Å². The van der Waals surface area contributed by atoms with E-state index >= 15 is 0 Å². The Labute approximate surface area is 90.1 Å². The molecular weight excluding hydrogens is 198 g/mol. The first-order valence-electron chi connectivity index (χ1n) is 4.79. The van der Waals surface area contributed by atoms with E-state index in [9.17, 15) is 0 Å². The van der Waals surface area contributed by atoms with Gasteiger partial charge in [-0.2, -0.15) is 0 Å². The minimum Gasteiger partial charge on any atom is -0.357 e. The number of hydrogen-bond acceptors (Lipinski definition) is 3. The molecule has 1 aromatic rings. The van der Waals surface area contributed by atoms with Crippen LogP contribution in [0, 0.1) is 5.92 Å². The molecule has 3 nitrogen and oxygen atoms in total. The summed E-state index contributed by atoms with van der Waals surface area (Å²) in [6.45, 7) is 5.36. The van der Waals surface area contributed by atoms with Crippen molar-refractivity contribution in [2.75, 3.05) is 18.5 Å². The van der Waals surface area contributed by atoms with Crippen molar-refractivity contribution in [1.29, 1.82) is 0 Å². The second-order valence-electron chi connectivity index (χ2n) is 3.77. The Morgan fingerprint density at radius 1 is 1.36 bits per heavy atom. The van der Waals surface area contributed by atoms with Gasteiger partial charge < -0.3 is 4.90 Å². The maximum absolute atomic E-state index is 5.92. The van der Waals surface area contributed by atoms with Gasteiger partial charge in [-0.3, -0.25) is 0 Å². The molecule has 0 radical (unpaired) electrons. The van der Waals surface area contributed by atoms with Gasteiger partial charge in [0.15, 0.2) is 11.0 Å². The summed E-state index contributed by atoms with van der Waals surface area (Å²) in [6, 6.07) is 0. The molecule has 4 heteroatoms. The van der Waals surface area contributed by atoms with E-state index in [1.54, 1.807) is 12.4 Å². The minimum atomic E-state index is 0.471. The van der Waals surface area contributed by atoms with E-state index in [2.05, 4.69) is 23.8 Å². The molecule has 1 heterocycles. The zero-order valence-electron chi connectivity index (χ0n) is 8.87. The molecule has 0 bridgehead atoms. The molecule has 0 atom stereocenters. The lowest BCUT2D eigenvalue weighted by molar-refractivity contribution is 0.583. The Bertz CT molecular complexity index is 288. The van der Waals surface area contributed by atoms with Gasteiger partial charge in [-0.15, -0.1) is 0 Å². The molecule has 0 aliphatic carbocycles. The average molecular weight is 214 g/mol. The van der Waals surface area contributed by atoms with Crippen LogP contribution >= 0.6 is 11.6 Å². The third-order valence-electron chi connectivity index (χ3n) is 2.04. The fourth-order valence-electron chi connectivity index (χ4n) is 1.13. The van der Waals surface area contributed by atoms with Gasteiger partial charge in [0.1, 0.15) is 0 Å². The van der Waals surface area contributed by atoms with Crippen LogP contribution < -0.4 is 4.90 Å². The molecule has 1 aromatic heterocycles. The maximum atomic E-state index is 5.92. The van der Waals surface area contributed by atoms with Crippen molar-refractivity contribution < 1.29 is 0 Å². The lowest BCUT2D eigenvalue weighted by Gasteiger charge is -2.19. The third-order valence-corrected chi connectivity index (χ3v) is 2.31. The summed E-state index contributed by atoms with van der Waals surface area (Å²) in [4.78, 5) is 10.2. The first-order chi connectivity index (χ1) is 6.61. The standard InChI is InChI=1S/C10H16ClN3/c1-8(2)4-7-14(3)10-9(11)12-5-6-13-10/h5-6,8H,4,7H2,1-3H3. The highest BCUT2D eigenvalue weighted by Gasteiger charge is 2.07. The zero-order valence-corrected chi connectivity index (χ0v) is 9.62. The molecule has 0 aliphatic heterocycles. The molecule has 0 N–H and O–H groups in total. The van der Waals surface area contributed by atoms with Gasteiger partial charge in [-0.05, 0) is 12.3 Å². The predicted octanol–water partition coefficient (Wildman–Crippen LogP) is 2.61. The predicted molar refractivity (Wildman–Crippen MR) is 59.8 cm³/mol. The first kappa shape index (κ1) is 11.2. The topological polar surface area (TPSA) is 29.0 Å². The molecule has 0 aliphatic rings. The molecule has 78 valence electrons. The average Bonchev–Trinajstić information content (AvgIpc) is 2.15. The normalized spacial score (nSPS) is 10.6. The van der Waals surface area contributed by atoms with Gasteiger partial charge in [0.2, 0.25) is 0 Å². The lowest BCUT2D eigenvalue weighted by Crippen LogP contribution is -2.21. The van der Waals surface area contributed by atoms with E-state index < -0.39 is 0 Å². The first-order valence-corrected chi connectivity index (χ1v) is 5.16. The Morgan fingerprint density at radius 3 is 2.57 bits per heavy atom. The van der Waals surface area contributed by atoms with Crippen molar-refractivity contribution in [3.05, 3.63) is 17.5 Å². The van der Waals surface area contributed by atoms with Crippen LogP contribution in [0.25, 0.3) is 0 Å². The third kappa shape index (κ3) is 3.14. The van der Waals surface area contributed by atoms with Crippen LogP contribution in [0.3, 0.4) is 0 Å². The second kappa shape index (κ2) is 5.15. The van der Waals surface area contributed by atoms with Crippen molar-refractivity contribution in [2.24, 2.45) is 5.92 Å². The summed E-state index contributed by atoms with van der Waals surface area (Å²) in [5.74, 6) is 1.45. The Hall–Kier alpha value is -0.830. The van der Waals surface area contributed by atoms with E-state index in [0.717, 1.165) is 18.8 Å². The lowest BCUT2D eigenvalue weighted by atomic mass is 10.1.